The first kappa shape index (κ1) is 17.7. The number of hydrogen-bond acceptors (Lipinski definition) is 3. The van der Waals surface area contributed by atoms with Crippen LogP contribution < -0.4 is 15.5 Å². The molecule has 1 heterocycles. The number of quaternary nitrogens is 1. The van der Waals surface area contributed by atoms with Gasteiger partial charge in [-0.15, -0.1) is 0 Å². The lowest BCUT2D eigenvalue weighted by Gasteiger charge is -2.13. The number of amides is 3. The van der Waals surface area contributed by atoms with E-state index in [-0.39, 0.29) is 12.5 Å². The first-order chi connectivity index (χ1) is 11.3. The number of hydrogen-bond donors (Lipinski definition) is 3. The summed E-state index contributed by atoms with van der Waals surface area (Å²) in [6.45, 7) is 6.54. The molecule has 24 heavy (non-hydrogen) atoms. The molecule has 6 heteroatoms. The number of carbonyl (C=O) groups excluding carboxylic acids is 2. The van der Waals surface area contributed by atoms with E-state index in [0.29, 0.717) is 12.2 Å². The molecule has 0 aliphatic heterocycles. The van der Waals surface area contributed by atoms with Crippen LogP contribution in [0.2, 0.25) is 0 Å². The van der Waals surface area contributed by atoms with Crippen molar-refractivity contribution in [3.8, 4) is 0 Å². The van der Waals surface area contributed by atoms with E-state index in [1.54, 1.807) is 0 Å². The second-order valence-corrected chi connectivity index (χ2v) is 6.14. The molecule has 0 aliphatic rings. The molecule has 0 bridgehead atoms. The SMILES string of the molecule is Cc1ccc(NC(=O)NC(=O)C[NH+](C)Cc2ccc(C)o2)c(C)c1. The Bertz CT molecular complexity index is 737. The maximum absolute atomic E-state index is 12.0. The first-order valence-corrected chi connectivity index (χ1v) is 7.88. The molecule has 2 rings (SSSR count). The Hall–Kier alpha value is -2.60. The van der Waals surface area contributed by atoms with Gasteiger partial charge in [-0.05, 0) is 44.5 Å². The maximum Gasteiger partial charge on any atom is 0.326 e. The molecule has 0 spiro atoms. The van der Waals surface area contributed by atoms with E-state index in [0.717, 1.165) is 27.5 Å². The van der Waals surface area contributed by atoms with Crippen LogP contribution in [0.5, 0.6) is 0 Å². The van der Waals surface area contributed by atoms with E-state index in [1.165, 1.54) is 0 Å². The summed E-state index contributed by atoms with van der Waals surface area (Å²) in [4.78, 5) is 24.8. The van der Waals surface area contributed by atoms with Crippen molar-refractivity contribution in [3.63, 3.8) is 0 Å². The molecule has 1 aromatic heterocycles. The van der Waals surface area contributed by atoms with Crippen molar-refractivity contribution in [2.45, 2.75) is 27.3 Å². The highest BCUT2D eigenvalue weighted by atomic mass is 16.3. The molecule has 128 valence electrons. The molecule has 3 N–H and O–H groups in total. The molecule has 1 unspecified atom stereocenters. The molecule has 1 aromatic carbocycles. The van der Waals surface area contributed by atoms with Gasteiger partial charge in [0.25, 0.3) is 5.91 Å². The largest absolute Gasteiger partial charge is 0.460 e. The van der Waals surface area contributed by atoms with Crippen LogP contribution in [0.25, 0.3) is 0 Å². The number of furan rings is 1. The topological polar surface area (TPSA) is 75.8 Å². The van der Waals surface area contributed by atoms with Gasteiger partial charge in [-0.3, -0.25) is 10.1 Å². The van der Waals surface area contributed by atoms with Gasteiger partial charge in [0.05, 0.1) is 7.05 Å². The quantitative estimate of drug-likeness (QED) is 0.779. The fraction of sp³-hybridized carbons (Fsp3) is 0.333. The van der Waals surface area contributed by atoms with Gasteiger partial charge in [-0.1, -0.05) is 17.7 Å². The number of imide groups is 1. The van der Waals surface area contributed by atoms with E-state index < -0.39 is 6.03 Å². The summed E-state index contributed by atoms with van der Waals surface area (Å²) in [7, 11) is 1.87. The zero-order chi connectivity index (χ0) is 17.7. The average molecular weight is 330 g/mol. The number of aryl methyl sites for hydroxylation is 3. The second kappa shape index (κ2) is 7.79. The van der Waals surface area contributed by atoms with Crippen LogP contribution in [0.4, 0.5) is 10.5 Å². The summed E-state index contributed by atoms with van der Waals surface area (Å²) in [5, 5.41) is 5.05. The van der Waals surface area contributed by atoms with E-state index in [2.05, 4.69) is 10.6 Å². The predicted molar refractivity (Wildman–Crippen MR) is 92.0 cm³/mol. The van der Waals surface area contributed by atoms with Gasteiger partial charge in [-0.25, -0.2) is 4.79 Å². The normalized spacial score (nSPS) is 11.8. The number of carbonyl (C=O) groups is 2. The highest BCUT2D eigenvalue weighted by Crippen LogP contribution is 2.15. The second-order valence-electron chi connectivity index (χ2n) is 6.14. The standard InChI is InChI=1S/C18H23N3O3/c1-12-5-8-16(13(2)9-12)19-18(23)20-17(22)11-21(4)10-15-7-6-14(3)24-15/h5-9H,10-11H2,1-4H3,(H2,19,20,22,23)/p+1. The minimum Gasteiger partial charge on any atom is -0.460 e. The number of nitrogens with one attached hydrogen (secondary N) is 3. The minimum atomic E-state index is -0.520. The fourth-order valence-electron chi connectivity index (χ4n) is 2.49. The van der Waals surface area contributed by atoms with Crippen LogP contribution >= 0.6 is 0 Å². The monoisotopic (exact) mass is 330 g/mol. The lowest BCUT2D eigenvalue weighted by Crippen LogP contribution is -3.08. The lowest BCUT2D eigenvalue weighted by atomic mass is 10.1. The Morgan fingerprint density at radius 1 is 1.12 bits per heavy atom. The van der Waals surface area contributed by atoms with Crippen molar-refractivity contribution in [2.24, 2.45) is 0 Å². The number of urea groups is 1. The third kappa shape index (κ3) is 5.24. The van der Waals surface area contributed by atoms with Crippen molar-refractivity contribution in [1.82, 2.24) is 5.32 Å². The Morgan fingerprint density at radius 2 is 1.88 bits per heavy atom. The van der Waals surface area contributed by atoms with Gasteiger partial charge < -0.3 is 14.6 Å². The summed E-state index contributed by atoms with van der Waals surface area (Å²) >= 11 is 0. The maximum atomic E-state index is 12.0. The molecule has 1 atom stereocenters. The molecular weight excluding hydrogens is 306 g/mol. The molecule has 0 radical (unpaired) electrons. The van der Waals surface area contributed by atoms with E-state index >= 15 is 0 Å². The predicted octanol–water partition coefficient (Wildman–Crippen LogP) is 1.57. The highest BCUT2D eigenvalue weighted by molar-refractivity contribution is 6.01. The third-order valence-corrected chi connectivity index (χ3v) is 3.62. The van der Waals surface area contributed by atoms with Crippen molar-refractivity contribution in [2.75, 3.05) is 18.9 Å². The zero-order valence-corrected chi connectivity index (χ0v) is 14.5. The van der Waals surface area contributed by atoms with Crippen molar-refractivity contribution in [3.05, 3.63) is 53.0 Å². The summed E-state index contributed by atoms with van der Waals surface area (Å²) in [6, 6.07) is 8.97. The Kier molecular flexibility index (Phi) is 5.76. The van der Waals surface area contributed by atoms with Crippen LogP contribution in [0.3, 0.4) is 0 Å². The van der Waals surface area contributed by atoms with Gasteiger partial charge in [0.1, 0.15) is 12.3 Å². The van der Waals surface area contributed by atoms with E-state index in [9.17, 15) is 9.59 Å². The Labute approximate surface area is 141 Å². The summed E-state index contributed by atoms with van der Waals surface area (Å²) in [5.41, 5.74) is 2.76. The van der Waals surface area contributed by atoms with Crippen molar-refractivity contribution < 1.29 is 18.9 Å². The minimum absolute atomic E-state index is 0.181. The smallest absolute Gasteiger partial charge is 0.326 e. The van der Waals surface area contributed by atoms with E-state index in [1.807, 2.05) is 58.2 Å². The number of anilines is 1. The van der Waals surface area contributed by atoms with Gasteiger partial charge in [0.2, 0.25) is 0 Å². The summed E-state index contributed by atoms with van der Waals surface area (Å²) < 4.78 is 5.49. The molecule has 2 aromatic rings. The molecule has 0 fully saturated rings. The Morgan fingerprint density at radius 3 is 2.50 bits per heavy atom. The van der Waals surface area contributed by atoms with E-state index in [4.69, 9.17) is 4.42 Å². The number of benzene rings is 1. The zero-order valence-electron chi connectivity index (χ0n) is 14.5. The molecule has 3 amide bonds. The van der Waals surface area contributed by atoms with Crippen molar-refractivity contribution in [1.29, 1.82) is 0 Å². The number of rotatable bonds is 5. The lowest BCUT2D eigenvalue weighted by molar-refractivity contribution is -0.886. The van der Waals surface area contributed by atoms with Crippen LogP contribution in [0, 0.1) is 20.8 Å². The van der Waals surface area contributed by atoms with Crippen LogP contribution in [-0.2, 0) is 11.3 Å². The average Bonchev–Trinajstić information content (AvgIpc) is 2.86. The molecule has 6 nitrogen and oxygen atoms in total. The molecular formula is C18H24N3O3+. The Balaban J connectivity index is 1.81. The van der Waals surface area contributed by atoms with Crippen LogP contribution in [0.15, 0.2) is 34.7 Å². The molecule has 0 aliphatic carbocycles. The molecule has 0 saturated heterocycles. The first-order valence-electron chi connectivity index (χ1n) is 7.88. The van der Waals surface area contributed by atoms with Gasteiger partial charge in [0.15, 0.2) is 12.3 Å². The van der Waals surface area contributed by atoms with Crippen LogP contribution in [-0.4, -0.2) is 25.5 Å². The van der Waals surface area contributed by atoms with Gasteiger partial charge >= 0.3 is 6.03 Å². The van der Waals surface area contributed by atoms with Crippen LogP contribution in [0.1, 0.15) is 22.6 Å². The summed E-state index contributed by atoms with van der Waals surface area (Å²) in [6.07, 6.45) is 0. The van der Waals surface area contributed by atoms with Crippen molar-refractivity contribution >= 4 is 17.6 Å². The fourth-order valence-corrected chi connectivity index (χ4v) is 2.49. The molecule has 0 saturated carbocycles. The summed E-state index contributed by atoms with van der Waals surface area (Å²) in [5.74, 6) is 1.32. The van der Waals surface area contributed by atoms with Gasteiger partial charge in [0, 0.05) is 5.69 Å². The highest BCUT2D eigenvalue weighted by Gasteiger charge is 2.15. The third-order valence-electron chi connectivity index (χ3n) is 3.62. The van der Waals surface area contributed by atoms with Gasteiger partial charge in [-0.2, -0.15) is 0 Å². The number of likely N-dealkylation sites (N-methyl/N-ethyl adjacent to an activating group) is 1.